The highest BCUT2D eigenvalue weighted by Gasteiger charge is 2.12. The number of aromatic nitrogens is 1. The number of carbonyl (C=O) groups is 1. The zero-order chi connectivity index (χ0) is 12.3. The van der Waals surface area contributed by atoms with Gasteiger partial charge in [-0.1, -0.05) is 11.6 Å². The fourth-order valence-electron chi connectivity index (χ4n) is 1.55. The average molecular weight is 250 g/mol. The zero-order valence-corrected chi connectivity index (χ0v) is 10.1. The smallest absolute Gasteiger partial charge is 0.339 e. The second-order valence-corrected chi connectivity index (χ2v) is 3.88. The molecule has 0 amide bonds. The van der Waals surface area contributed by atoms with Crippen LogP contribution in [0.5, 0.6) is 0 Å². The summed E-state index contributed by atoms with van der Waals surface area (Å²) in [4.78, 5) is 11.7. The number of ether oxygens (including phenoxy) is 1. The fraction of sp³-hybridized carbons (Fsp3) is 0.154. The first kappa shape index (κ1) is 11.7. The van der Waals surface area contributed by atoms with E-state index in [0.29, 0.717) is 17.2 Å². The van der Waals surface area contributed by atoms with Gasteiger partial charge >= 0.3 is 5.97 Å². The van der Waals surface area contributed by atoms with Crippen LogP contribution in [0.25, 0.3) is 5.69 Å². The first-order valence-corrected chi connectivity index (χ1v) is 5.70. The molecule has 2 aromatic rings. The Hall–Kier alpha value is -1.74. The van der Waals surface area contributed by atoms with Gasteiger partial charge in [-0.15, -0.1) is 0 Å². The molecule has 1 heterocycles. The average Bonchev–Trinajstić information content (AvgIpc) is 2.83. The number of carbonyl (C=O) groups excluding carboxylic acids is 1. The van der Waals surface area contributed by atoms with Gasteiger partial charge in [-0.25, -0.2) is 4.79 Å². The molecule has 0 N–H and O–H groups in total. The molecule has 0 aliphatic heterocycles. The van der Waals surface area contributed by atoms with E-state index in [2.05, 4.69) is 0 Å². The van der Waals surface area contributed by atoms with Crippen LogP contribution in [0.1, 0.15) is 17.3 Å². The van der Waals surface area contributed by atoms with Crippen molar-refractivity contribution < 1.29 is 9.53 Å². The Balaban J connectivity index is 2.39. The number of nitrogens with zero attached hydrogens (tertiary/aromatic N) is 1. The van der Waals surface area contributed by atoms with Crippen molar-refractivity contribution in [2.75, 3.05) is 6.61 Å². The van der Waals surface area contributed by atoms with Gasteiger partial charge in [-0.3, -0.25) is 0 Å². The van der Waals surface area contributed by atoms with Crippen LogP contribution in [0, 0.1) is 0 Å². The molecule has 0 aliphatic carbocycles. The first-order chi connectivity index (χ1) is 8.22. The number of benzene rings is 1. The van der Waals surface area contributed by atoms with Crippen LogP contribution in [0.15, 0.2) is 42.7 Å². The third-order valence-corrected chi connectivity index (χ3v) is 2.68. The lowest BCUT2D eigenvalue weighted by molar-refractivity contribution is 0.0526. The molecule has 88 valence electrons. The highest BCUT2D eigenvalue weighted by atomic mass is 35.5. The van der Waals surface area contributed by atoms with Crippen LogP contribution in [0.4, 0.5) is 0 Å². The second-order valence-electron chi connectivity index (χ2n) is 3.47. The normalized spacial score (nSPS) is 10.2. The number of halogens is 1. The van der Waals surface area contributed by atoms with Gasteiger partial charge in [0.15, 0.2) is 0 Å². The summed E-state index contributed by atoms with van der Waals surface area (Å²) in [6.07, 6.45) is 3.80. The molecule has 2 rings (SSSR count). The minimum Gasteiger partial charge on any atom is -0.462 e. The van der Waals surface area contributed by atoms with Crippen molar-refractivity contribution in [3.8, 4) is 5.69 Å². The predicted octanol–water partition coefficient (Wildman–Crippen LogP) is 3.31. The third kappa shape index (κ3) is 2.50. The predicted molar refractivity (Wildman–Crippen MR) is 66.7 cm³/mol. The van der Waals surface area contributed by atoms with Crippen LogP contribution in [-0.2, 0) is 4.74 Å². The van der Waals surface area contributed by atoms with E-state index in [9.17, 15) is 4.79 Å². The molecule has 17 heavy (non-hydrogen) atoms. The number of hydrogen-bond acceptors (Lipinski definition) is 2. The molecule has 0 saturated carbocycles. The Morgan fingerprint density at radius 1 is 1.35 bits per heavy atom. The van der Waals surface area contributed by atoms with Gasteiger partial charge in [0.25, 0.3) is 0 Å². The molecule has 0 radical (unpaired) electrons. The van der Waals surface area contributed by atoms with Crippen LogP contribution in [0.2, 0.25) is 5.02 Å². The number of hydrogen-bond donors (Lipinski definition) is 0. The van der Waals surface area contributed by atoms with E-state index >= 15 is 0 Å². The molecular formula is C13H12ClNO2. The molecule has 0 saturated heterocycles. The van der Waals surface area contributed by atoms with Gasteiger partial charge in [0, 0.05) is 18.1 Å². The standard InChI is InChI=1S/C13H12ClNO2/c1-2-17-13(16)11-9-10(5-6-12(11)14)15-7-3-4-8-15/h3-9H,2H2,1H3. The minimum absolute atomic E-state index is 0.336. The van der Waals surface area contributed by atoms with E-state index in [-0.39, 0.29) is 0 Å². The Morgan fingerprint density at radius 3 is 2.71 bits per heavy atom. The maximum absolute atomic E-state index is 11.7. The SMILES string of the molecule is CCOC(=O)c1cc(-n2cccc2)ccc1Cl. The summed E-state index contributed by atoms with van der Waals surface area (Å²) < 4.78 is 6.85. The van der Waals surface area contributed by atoms with Gasteiger partial charge < -0.3 is 9.30 Å². The van der Waals surface area contributed by atoms with Crippen molar-refractivity contribution in [2.24, 2.45) is 0 Å². The van der Waals surface area contributed by atoms with Crippen molar-refractivity contribution in [2.45, 2.75) is 6.92 Å². The lowest BCUT2D eigenvalue weighted by atomic mass is 10.2. The quantitative estimate of drug-likeness (QED) is 0.782. The summed E-state index contributed by atoms with van der Waals surface area (Å²) in [5, 5.41) is 0.402. The molecule has 1 aromatic heterocycles. The summed E-state index contributed by atoms with van der Waals surface area (Å²) in [5.41, 5.74) is 1.27. The number of rotatable bonds is 3. The van der Waals surface area contributed by atoms with Crippen LogP contribution >= 0.6 is 11.6 Å². The number of esters is 1. The molecule has 0 fully saturated rings. The Bertz CT molecular complexity index is 520. The highest BCUT2D eigenvalue weighted by Crippen LogP contribution is 2.21. The van der Waals surface area contributed by atoms with Crippen LogP contribution in [0.3, 0.4) is 0 Å². The van der Waals surface area contributed by atoms with Crippen molar-refractivity contribution >= 4 is 17.6 Å². The van der Waals surface area contributed by atoms with Gasteiger partial charge in [0.2, 0.25) is 0 Å². The van der Waals surface area contributed by atoms with Crippen LogP contribution < -0.4 is 0 Å². The van der Waals surface area contributed by atoms with Crippen molar-refractivity contribution in [1.29, 1.82) is 0 Å². The Kier molecular flexibility index (Phi) is 3.49. The lowest BCUT2D eigenvalue weighted by Crippen LogP contribution is -2.06. The monoisotopic (exact) mass is 249 g/mol. The molecule has 0 atom stereocenters. The summed E-state index contributed by atoms with van der Waals surface area (Å²) in [5.74, 6) is -0.397. The van der Waals surface area contributed by atoms with E-state index < -0.39 is 5.97 Å². The molecule has 4 heteroatoms. The van der Waals surface area contributed by atoms with E-state index in [4.69, 9.17) is 16.3 Å². The molecule has 0 unspecified atom stereocenters. The largest absolute Gasteiger partial charge is 0.462 e. The Morgan fingerprint density at radius 2 is 2.06 bits per heavy atom. The molecule has 0 bridgehead atoms. The maximum atomic E-state index is 11.7. The van der Waals surface area contributed by atoms with Gasteiger partial charge in [0.1, 0.15) is 0 Å². The van der Waals surface area contributed by atoms with Crippen molar-refractivity contribution in [3.05, 3.63) is 53.3 Å². The fourth-order valence-corrected chi connectivity index (χ4v) is 1.74. The zero-order valence-electron chi connectivity index (χ0n) is 9.39. The molecular weight excluding hydrogens is 238 g/mol. The summed E-state index contributed by atoms with van der Waals surface area (Å²) in [6, 6.07) is 9.10. The van der Waals surface area contributed by atoms with Gasteiger partial charge in [-0.05, 0) is 37.3 Å². The maximum Gasteiger partial charge on any atom is 0.339 e. The first-order valence-electron chi connectivity index (χ1n) is 5.32. The topological polar surface area (TPSA) is 31.2 Å². The summed E-state index contributed by atoms with van der Waals surface area (Å²) in [7, 11) is 0. The second kappa shape index (κ2) is 5.06. The molecule has 1 aromatic carbocycles. The molecule has 0 aliphatic rings. The lowest BCUT2D eigenvalue weighted by Gasteiger charge is -2.08. The van der Waals surface area contributed by atoms with Crippen molar-refractivity contribution in [3.63, 3.8) is 0 Å². The molecule has 3 nitrogen and oxygen atoms in total. The third-order valence-electron chi connectivity index (χ3n) is 2.35. The van der Waals surface area contributed by atoms with Gasteiger partial charge in [-0.2, -0.15) is 0 Å². The minimum atomic E-state index is -0.397. The van der Waals surface area contributed by atoms with Crippen molar-refractivity contribution in [1.82, 2.24) is 4.57 Å². The van der Waals surface area contributed by atoms with E-state index in [1.165, 1.54) is 0 Å². The van der Waals surface area contributed by atoms with E-state index in [1.807, 2.05) is 35.2 Å². The van der Waals surface area contributed by atoms with E-state index in [0.717, 1.165) is 5.69 Å². The molecule has 0 spiro atoms. The summed E-state index contributed by atoms with van der Waals surface area (Å²) >= 11 is 5.98. The highest BCUT2D eigenvalue weighted by molar-refractivity contribution is 6.33. The van der Waals surface area contributed by atoms with E-state index in [1.54, 1.807) is 19.1 Å². The van der Waals surface area contributed by atoms with Crippen LogP contribution in [-0.4, -0.2) is 17.1 Å². The Labute approximate surface area is 105 Å². The summed E-state index contributed by atoms with van der Waals surface area (Å²) in [6.45, 7) is 2.10. The van der Waals surface area contributed by atoms with Gasteiger partial charge in [0.05, 0.1) is 17.2 Å².